The average Bonchev–Trinajstić information content (AvgIpc) is 2.19. The average molecular weight is 226 g/mol. The summed E-state index contributed by atoms with van der Waals surface area (Å²) >= 11 is 0. The van der Waals surface area contributed by atoms with Crippen LogP contribution < -0.4 is 5.32 Å². The van der Waals surface area contributed by atoms with Crippen LogP contribution in [0.5, 0.6) is 0 Å². The molecule has 2 heteroatoms. The molecular weight excluding hydrogens is 206 g/mol. The summed E-state index contributed by atoms with van der Waals surface area (Å²) < 4.78 is 0. The standard InChI is InChI=1S/C13H19N.ClH/c1-11-5-4-6-12(9-11)10-13-7-2-3-8-14-13;/h4-6,9,13-14H,2-3,7-8,10H2,1H3;1H/t13-;/m1./s1. The number of benzene rings is 1. The summed E-state index contributed by atoms with van der Waals surface area (Å²) in [5.41, 5.74) is 2.85. The second-order valence-electron chi connectivity index (χ2n) is 4.34. The molecule has 1 saturated heterocycles. The quantitative estimate of drug-likeness (QED) is 0.816. The van der Waals surface area contributed by atoms with Crippen LogP contribution in [0.2, 0.25) is 0 Å². The second kappa shape index (κ2) is 6.14. The molecule has 15 heavy (non-hydrogen) atoms. The van der Waals surface area contributed by atoms with Crippen LogP contribution in [0.15, 0.2) is 24.3 Å². The molecule has 1 fully saturated rings. The summed E-state index contributed by atoms with van der Waals surface area (Å²) in [5, 5.41) is 3.59. The molecular formula is C13H20ClN. The highest BCUT2D eigenvalue weighted by Gasteiger charge is 2.12. The minimum absolute atomic E-state index is 0. The predicted molar refractivity (Wildman–Crippen MR) is 67.8 cm³/mol. The van der Waals surface area contributed by atoms with Crippen LogP contribution in [-0.2, 0) is 6.42 Å². The van der Waals surface area contributed by atoms with Crippen molar-refractivity contribution in [3.8, 4) is 0 Å². The second-order valence-corrected chi connectivity index (χ2v) is 4.34. The third-order valence-corrected chi connectivity index (χ3v) is 2.98. The molecule has 1 atom stereocenters. The summed E-state index contributed by atoms with van der Waals surface area (Å²) in [5.74, 6) is 0. The van der Waals surface area contributed by atoms with E-state index in [0.717, 1.165) is 0 Å². The van der Waals surface area contributed by atoms with E-state index in [-0.39, 0.29) is 12.4 Å². The fourth-order valence-electron chi connectivity index (χ4n) is 2.22. The maximum atomic E-state index is 3.59. The van der Waals surface area contributed by atoms with Crippen LogP contribution in [0.1, 0.15) is 30.4 Å². The Morgan fingerprint density at radius 3 is 2.87 bits per heavy atom. The molecule has 0 saturated carbocycles. The first-order valence-corrected chi connectivity index (χ1v) is 5.63. The van der Waals surface area contributed by atoms with Gasteiger partial charge < -0.3 is 5.32 Å². The van der Waals surface area contributed by atoms with E-state index in [9.17, 15) is 0 Å². The molecule has 0 spiro atoms. The van der Waals surface area contributed by atoms with Gasteiger partial charge in [0.25, 0.3) is 0 Å². The fourth-order valence-corrected chi connectivity index (χ4v) is 2.22. The molecule has 1 heterocycles. The van der Waals surface area contributed by atoms with Crippen LogP contribution in [0.4, 0.5) is 0 Å². The van der Waals surface area contributed by atoms with Crippen molar-refractivity contribution in [2.24, 2.45) is 0 Å². The monoisotopic (exact) mass is 225 g/mol. The Hall–Kier alpha value is -0.530. The van der Waals surface area contributed by atoms with Crippen LogP contribution in [0.3, 0.4) is 0 Å². The predicted octanol–water partition coefficient (Wildman–Crippen LogP) is 3.10. The van der Waals surface area contributed by atoms with E-state index >= 15 is 0 Å². The molecule has 0 aliphatic carbocycles. The highest BCUT2D eigenvalue weighted by molar-refractivity contribution is 5.85. The number of aryl methyl sites for hydroxylation is 1. The van der Waals surface area contributed by atoms with E-state index in [1.54, 1.807) is 0 Å². The highest BCUT2D eigenvalue weighted by atomic mass is 35.5. The van der Waals surface area contributed by atoms with Gasteiger partial charge in [-0.25, -0.2) is 0 Å². The van der Waals surface area contributed by atoms with Crippen molar-refractivity contribution in [2.45, 2.75) is 38.6 Å². The first kappa shape index (κ1) is 12.5. The minimum atomic E-state index is 0. The van der Waals surface area contributed by atoms with E-state index in [1.807, 2.05) is 0 Å². The smallest absolute Gasteiger partial charge is 0.0107 e. The SMILES string of the molecule is Cc1cccc(C[C@H]2CCCCN2)c1.Cl. The largest absolute Gasteiger partial charge is 0.314 e. The summed E-state index contributed by atoms with van der Waals surface area (Å²) in [6.45, 7) is 3.37. The normalized spacial score (nSPS) is 20.7. The summed E-state index contributed by atoms with van der Waals surface area (Å²) in [6, 6.07) is 9.58. The van der Waals surface area contributed by atoms with Gasteiger partial charge in [-0.2, -0.15) is 0 Å². The maximum Gasteiger partial charge on any atom is 0.0107 e. The molecule has 0 unspecified atom stereocenters. The Labute approximate surface area is 98.7 Å². The van der Waals surface area contributed by atoms with Gasteiger partial charge in [-0.15, -0.1) is 12.4 Å². The van der Waals surface area contributed by atoms with Gasteiger partial charge in [0.1, 0.15) is 0 Å². The third kappa shape index (κ3) is 3.84. The first-order valence-electron chi connectivity index (χ1n) is 5.63. The molecule has 0 aromatic heterocycles. The van der Waals surface area contributed by atoms with Gasteiger partial charge in [-0.1, -0.05) is 36.2 Å². The number of halogens is 1. The molecule has 1 aromatic carbocycles. The zero-order valence-electron chi connectivity index (χ0n) is 9.33. The van der Waals surface area contributed by atoms with Crippen molar-refractivity contribution in [3.63, 3.8) is 0 Å². The molecule has 0 amide bonds. The number of nitrogens with one attached hydrogen (secondary N) is 1. The molecule has 84 valence electrons. The zero-order chi connectivity index (χ0) is 9.80. The van der Waals surface area contributed by atoms with Gasteiger partial charge in [0, 0.05) is 6.04 Å². The van der Waals surface area contributed by atoms with Crippen molar-refractivity contribution in [1.29, 1.82) is 0 Å². The Balaban J connectivity index is 0.00000112. The third-order valence-electron chi connectivity index (χ3n) is 2.98. The Kier molecular flexibility index (Phi) is 5.13. The van der Waals surface area contributed by atoms with Gasteiger partial charge in [-0.05, 0) is 38.3 Å². The van der Waals surface area contributed by atoms with Crippen molar-refractivity contribution < 1.29 is 0 Å². The summed E-state index contributed by atoms with van der Waals surface area (Å²) in [7, 11) is 0. The van der Waals surface area contributed by atoms with E-state index in [1.165, 1.54) is 43.4 Å². The number of rotatable bonds is 2. The molecule has 1 nitrogen and oxygen atoms in total. The first-order chi connectivity index (χ1) is 6.84. The van der Waals surface area contributed by atoms with Crippen LogP contribution >= 0.6 is 12.4 Å². The van der Waals surface area contributed by atoms with Crippen molar-refractivity contribution in [2.75, 3.05) is 6.54 Å². The lowest BCUT2D eigenvalue weighted by Gasteiger charge is -2.23. The van der Waals surface area contributed by atoms with Gasteiger partial charge in [0.05, 0.1) is 0 Å². The van der Waals surface area contributed by atoms with Crippen molar-refractivity contribution in [3.05, 3.63) is 35.4 Å². The van der Waals surface area contributed by atoms with E-state index < -0.39 is 0 Å². The van der Waals surface area contributed by atoms with Crippen molar-refractivity contribution >= 4 is 12.4 Å². The number of hydrogen-bond acceptors (Lipinski definition) is 1. The molecule has 2 rings (SSSR count). The van der Waals surface area contributed by atoms with Crippen molar-refractivity contribution in [1.82, 2.24) is 5.32 Å². The molecule has 1 aliphatic rings. The van der Waals surface area contributed by atoms with Gasteiger partial charge in [0.2, 0.25) is 0 Å². The van der Waals surface area contributed by atoms with Crippen LogP contribution in [0.25, 0.3) is 0 Å². The van der Waals surface area contributed by atoms with E-state index in [4.69, 9.17) is 0 Å². The van der Waals surface area contributed by atoms with E-state index in [0.29, 0.717) is 6.04 Å². The van der Waals surface area contributed by atoms with Gasteiger partial charge in [-0.3, -0.25) is 0 Å². The topological polar surface area (TPSA) is 12.0 Å². The lowest BCUT2D eigenvalue weighted by atomic mass is 9.97. The summed E-state index contributed by atoms with van der Waals surface area (Å²) in [4.78, 5) is 0. The van der Waals surface area contributed by atoms with Crippen LogP contribution in [-0.4, -0.2) is 12.6 Å². The molecule has 1 aromatic rings. The van der Waals surface area contributed by atoms with E-state index in [2.05, 4.69) is 36.5 Å². The Morgan fingerprint density at radius 1 is 1.33 bits per heavy atom. The van der Waals surface area contributed by atoms with Crippen LogP contribution in [0, 0.1) is 6.92 Å². The maximum absolute atomic E-state index is 3.59. The number of piperidine rings is 1. The van der Waals surface area contributed by atoms with Gasteiger partial charge in [0.15, 0.2) is 0 Å². The Morgan fingerprint density at radius 2 is 2.20 bits per heavy atom. The molecule has 0 radical (unpaired) electrons. The lowest BCUT2D eigenvalue weighted by molar-refractivity contribution is 0.399. The molecule has 1 aliphatic heterocycles. The summed E-state index contributed by atoms with van der Waals surface area (Å²) in [6.07, 6.45) is 5.28. The minimum Gasteiger partial charge on any atom is -0.314 e. The highest BCUT2D eigenvalue weighted by Crippen LogP contribution is 2.13. The fraction of sp³-hybridized carbons (Fsp3) is 0.538. The molecule has 1 N–H and O–H groups in total. The molecule has 0 bridgehead atoms. The van der Waals surface area contributed by atoms with Gasteiger partial charge >= 0.3 is 0 Å². The number of hydrogen-bond donors (Lipinski definition) is 1. The zero-order valence-corrected chi connectivity index (χ0v) is 10.1. The Bertz CT molecular complexity index is 292. The lowest BCUT2D eigenvalue weighted by Crippen LogP contribution is -2.35.